The second-order valence-electron chi connectivity index (χ2n) is 10.3. The van der Waals surface area contributed by atoms with Gasteiger partial charge in [-0.05, 0) is 72.6 Å². The molecular formula is C30H24Cl2N2O5. The quantitative estimate of drug-likeness (QED) is 0.306. The predicted octanol–water partition coefficient (Wildman–Crippen LogP) is 5.72. The molecule has 1 N–H and O–H groups in total. The fourth-order valence-corrected chi connectivity index (χ4v) is 6.90. The van der Waals surface area contributed by atoms with E-state index in [1.165, 1.54) is 28.7 Å². The van der Waals surface area contributed by atoms with Crippen LogP contribution in [0.5, 0.6) is 0 Å². The first-order valence-corrected chi connectivity index (χ1v) is 13.5. The Morgan fingerprint density at radius 1 is 0.897 bits per heavy atom. The highest BCUT2D eigenvalue weighted by molar-refractivity contribution is 6.35. The second kappa shape index (κ2) is 10.1. The van der Waals surface area contributed by atoms with Crippen LogP contribution in [-0.2, 0) is 19.1 Å². The second-order valence-corrected chi connectivity index (χ2v) is 11.1. The summed E-state index contributed by atoms with van der Waals surface area (Å²) in [6.07, 6.45) is 1.78. The first-order valence-electron chi connectivity index (χ1n) is 12.8. The summed E-state index contributed by atoms with van der Waals surface area (Å²) in [5.41, 5.74) is 1.98. The minimum Gasteiger partial charge on any atom is -0.452 e. The Kier molecular flexibility index (Phi) is 6.65. The average Bonchev–Trinajstić information content (AvgIpc) is 3.61. The molecule has 2 bridgehead atoms. The predicted molar refractivity (Wildman–Crippen MR) is 147 cm³/mol. The molecule has 9 heteroatoms. The number of anilines is 2. The van der Waals surface area contributed by atoms with Crippen LogP contribution in [0.3, 0.4) is 0 Å². The number of carbonyl (C=O) groups excluding carboxylic acids is 4. The highest BCUT2D eigenvalue weighted by Crippen LogP contribution is 2.61. The van der Waals surface area contributed by atoms with E-state index in [-0.39, 0.29) is 47.0 Å². The van der Waals surface area contributed by atoms with E-state index < -0.39 is 18.5 Å². The van der Waals surface area contributed by atoms with Gasteiger partial charge in [-0.2, -0.15) is 0 Å². The summed E-state index contributed by atoms with van der Waals surface area (Å²) >= 11 is 12.0. The molecule has 1 aliphatic heterocycles. The van der Waals surface area contributed by atoms with Crippen molar-refractivity contribution >= 4 is 58.3 Å². The molecular weight excluding hydrogens is 539 g/mol. The lowest BCUT2D eigenvalue weighted by Crippen LogP contribution is -2.33. The van der Waals surface area contributed by atoms with E-state index in [1.807, 2.05) is 18.2 Å². The highest BCUT2D eigenvalue weighted by atomic mass is 35.5. The normalized spacial score (nSPS) is 25.1. The Labute approximate surface area is 235 Å². The summed E-state index contributed by atoms with van der Waals surface area (Å²) in [7, 11) is 0. The monoisotopic (exact) mass is 562 g/mol. The maximum atomic E-state index is 13.6. The zero-order valence-corrected chi connectivity index (χ0v) is 22.2. The molecule has 39 heavy (non-hydrogen) atoms. The van der Waals surface area contributed by atoms with Crippen LogP contribution in [0.15, 0.2) is 72.8 Å². The Hall–Kier alpha value is -3.68. The van der Waals surface area contributed by atoms with E-state index >= 15 is 0 Å². The van der Waals surface area contributed by atoms with Gasteiger partial charge in [0.15, 0.2) is 6.61 Å². The zero-order valence-electron chi connectivity index (χ0n) is 20.7. The van der Waals surface area contributed by atoms with Crippen molar-refractivity contribution in [2.24, 2.45) is 23.7 Å². The van der Waals surface area contributed by atoms with E-state index in [1.54, 1.807) is 24.3 Å². The first kappa shape index (κ1) is 25.6. The van der Waals surface area contributed by atoms with E-state index in [2.05, 4.69) is 17.4 Å². The number of imide groups is 1. The third-order valence-corrected chi connectivity index (χ3v) is 8.68. The molecule has 7 nitrogen and oxygen atoms in total. The summed E-state index contributed by atoms with van der Waals surface area (Å²) < 4.78 is 5.17. The van der Waals surface area contributed by atoms with Gasteiger partial charge in [-0.15, -0.1) is 0 Å². The van der Waals surface area contributed by atoms with Crippen LogP contribution >= 0.6 is 23.2 Å². The Morgan fingerprint density at radius 2 is 1.67 bits per heavy atom. The van der Waals surface area contributed by atoms with Crippen molar-refractivity contribution < 1.29 is 23.9 Å². The van der Waals surface area contributed by atoms with Crippen molar-refractivity contribution in [2.75, 3.05) is 16.8 Å². The van der Waals surface area contributed by atoms with Crippen molar-refractivity contribution in [3.63, 3.8) is 0 Å². The molecule has 2 aliphatic carbocycles. The van der Waals surface area contributed by atoms with Crippen LogP contribution < -0.4 is 10.2 Å². The van der Waals surface area contributed by atoms with Gasteiger partial charge in [0.05, 0.1) is 33.8 Å². The molecule has 5 atom stereocenters. The molecule has 6 rings (SSSR count). The Balaban J connectivity index is 1.14. The van der Waals surface area contributed by atoms with Crippen molar-refractivity contribution in [2.45, 2.75) is 18.8 Å². The van der Waals surface area contributed by atoms with Crippen LogP contribution in [-0.4, -0.2) is 30.3 Å². The average molecular weight is 563 g/mol. The van der Waals surface area contributed by atoms with Gasteiger partial charge < -0.3 is 10.1 Å². The standard InChI is InChI=1S/C30H24Cl2N2O5/c31-19-9-10-23(32)24(14-19)33-25(35)15-39-30(38)17-7-4-8-20(11-17)34-28(36)26-18-12-21(16-5-2-1-3-6-16)22(13-18)27(26)29(34)37/h1-11,14,18,21-22,26-27H,12-13,15H2,(H,33,35)/t18-,21-,22+,26+,27+/m0/s1. The minimum absolute atomic E-state index is 0.128. The van der Waals surface area contributed by atoms with Crippen molar-refractivity contribution in [3.05, 3.63) is 94.0 Å². The number of hydrogen-bond donors (Lipinski definition) is 1. The topological polar surface area (TPSA) is 92.8 Å². The molecule has 2 saturated carbocycles. The van der Waals surface area contributed by atoms with Gasteiger partial charge in [-0.25, -0.2) is 4.79 Å². The van der Waals surface area contributed by atoms with E-state index in [9.17, 15) is 19.2 Å². The fraction of sp³-hybridized carbons (Fsp3) is 0.267. The van der Waals surface area contributed by atoms with Crippen LogP contribution in [0.25, 0.3) is 0 Å². The molecule has 3 amide bonds. The fourth-order valence-electron chi connectivity index (χ4n) is 6.56. The lowest BCUT2D eigenvalue weighted by Gasteiger charge is -2.28. The summed E-state index contributed by atoms with van der Waals surface area (Å²) in [4.78, 5) is 53.3. The summed E-state index contributed by atoms with van der Waals surface area (Å²) in [5, 5.41) is 3.23. The molecule has 3 aromatic rings. The number of nitrogens with zero attached hydrogens (tertiary/aromatic N) is 1. The lowest BCUT2D eigenvalue weighted by molar-refractivity contribution is -0.123. The van der Waals surface area contributed by atoms with Crippen LogP contribution in [0, 0.1) is 23.7 Å². The number of benzene rings is 3. The SMILES string of the molecule is O=C(COC(=O)c1cccc(N2C(=O)[C@@H]3[C@@H]4C[C@@H]([C@H]3C2=O)[C@H](c2ccccc2)C4)c1)Nc1cc(Cl)ccc1Cl. The van der Waals surface area contributed by atoms with Gasteiger partial charge in [-0.3, -0.25) is 19.3 Å². The molecule has 1 saturated heterocycles. The molecule has 3 aliphatic rings. The molecule has 3 fully saturated rings. The van der Waals surface area contributed by atoms with Gasteiger partial charge in [0, 0.05) is 5.02 Å². The zero-order chi connectivity index (χ0) is 27.3. The molecule has 1 heterocycles. The highest BCUT2D eigenvalue weighted by Gasteiger charge is 2.64. The number of rotatable bonds is 6. The van der Waals surface area contributed by atoms with Gasteiger partial charge >= 0.3 is 5.97 Å². The lowest BCUT2D eigenvalue weighted by atomic mass is 9.73. The largest absolute Gasteiger partial charge is 0.452 e. The summed E-state index contributed by atoms with van der Waals surface area (Å²) in [6, 6.07) is 21.0. The number of nitrogens with one attached hydrogen (secondary N) is 1. The molecule has 198 valence electrons. The van der Waals surface area contributed by atoms with Crippen molar-refractivity contribution in [3.8, 4) is 0 Å². The number of ether oxygens (including phenoxy) is 1. The number of amides is 3. The molecule has 0 aromatic heterocycles. The number of fused-ring (bicyclic) bond motifs is 5. The summed E-state index contributed by atoms with van der Waals surface area (Å²) in [6.45, 7) is -0.554. The maximum Gasteiger partial charge on any atom is 0.338 e. The van der Waals surface area contributed by atoms with Crippen LogP contribution in [0.4, 0.5) is 11.4 Å². The number of esters is 1. The smallest absolute Gasteiger partial charge is 0.338 e. The number of hydrogen-bond acceptors (Lipinski definition) is 5. The van der Waals surface area contributed by atoms with Crippen LogP contribution in [0.1, 0.15) is 34.7 Å². The molecule has 3 aromatic carbocycles. The van der Waals surface area contributed by atoms with Gasteiger partial charge in [0.25, 0.3) is 5.91 Å². The van der Waals surface area contributed by atoms with E-state index in [4.69, 9.17) is 27.9 Å². The van der Waals surface area contributed by atoms with Gasteiger partial charge in [0.1, 0.15) is 0 Å². The van der Waals surface area contributed by atoms with Gasteiger partial charge in [-0.1, -0.05) is 59.6 Å². The van der Waals surface area contributed by atoms with E-state index in [0.29, 0.717) is 21.4 Å². The van der Waals surface area contributed by atoms with Crippen LogP contribution in [0.2, 0.25) is 10.0 Å². The molecule has 0 unspecified atom stereocenters. The van der Waals surface area contributed by atoms with Gasteiger partial charge in [0.2, 0.25) is 11.8 Å². The third-order valence-electron chi connectivity index (χ3n) is 8.12. The minimum atomic E-state index is -0.757. The maximum absolute atomic E-state index is 13.6. The summed E-state index contributed by atoms with van der Waals surface area (Å²) in [5.74, 6) is -1.86. The van der Waals surface area contributed by atoms with Crippen molar-refractivity contribution in [1.29, 1.82) is 0 Å². The first-order chi connectivity index (χ1) is 18.8. The third kappa shape index (κ3) is 4.60. The Bertz CT molecular complexity index is 1490. The molecule has 0 spiro atoms. The van der Waals surface area contributed by atoms with Crippen molar-refractivity contribution in [1.82, 2.24) is 0 Å². The number of halogens is 2. The molecule has 0 radical (unpaired) electrons. The van der Waals surface area contributed by atoms with E-state index in [0.717, 1.165) is 12.8 Å². The number of carbonyl (C=O) groups is 4. The Morgan fingerprint density at radius 3 is 2.46 bits per heavy atom.